The fourth-order valence-electron chi connectivity index (χ4n) is 2.26. The molecule has 0 aromatic heterocycles. The predicted octanol–water partition coefficient (Wildman–Crippen LogP) is 5.12. The molecule has 0 heterocycles. The molecule has 0 aromatic rings. The molecule has 0 saturated heterocycles. The Labute approximate surface area is 132 Å². The molecule has 10 radical (unpaired) electrons. The van der Waals surface area contributed by atoms with Gasteiger partial charge < -0.3 is 0 Å². The average Bonchev–Trinajstić information content (AvgIpc) is 2.79. The third-order valence-electron chi connectivity index (χ3n) is 3.42. The second-order valence-corrected chi connectivity index (χ2v) is 8.34. The first kappa shape index (κ1) is 17.5. The standard InChI is InChI=1S/C15H18.2ClH.Zr/c1-10-5-6-11(2)14(10)9-15-12(3)7-8-13(15)4;;;/h5-8H,9H2,1-4H3;2*1H;/q;;;+4/p-2. The third-order valence-corrected chi connectivity index (χ3v) is 3.42. The second kappa shape index (κ2) is 8.68. The molecule has 2 rings (SSSR count). The Morgan fingerprint density at radius 2 is 0.944 bits per heavy atom. The summed E-state index contributed by atoms with van der Waals surface area (Å²) in [6.45, 7) is 8.82. The van der Waals surface area contributed by atoms with E-state index < -0.39 is 20.8 Å². The summed E-state index contributed by atoms with van der Waals surface area (Å²) in [5.74, 6) is 8.71. The Balaban J connectivity index is 0.000000492. The monoisotopic (exact) mass is 358 g/mol. The number of rotatable bonds is 2. The fraction of sp³-hybridized carbons (Fsp3) is 0.333. The Morgan fingerprint density at radius 1 is 0.722 bits per heavy atom. The van der Waals surface area contributed by atoms with Crippen molar-refractivity contribution < 1.29 is 20.8 Å². The predicted molar refractivity (Wildman–Crippen MR) is 75.7 cm³/mol. The van der Waals surface area contributed by atoms with Crippen LogP contribution < -0.4 is 0 Å². The van der Waals surface area contributed by atoms with Crippen molar-refractivity contribution in [1.82, 2.24) is 0 Å². The van der Waals surface area contributed by atoms with Crippen molar-refractivity contribution in [3.05, 3.63) is 61.2 Å². The van der Waals surface area contributed by atoms with Crippen molar-refractivity contribution in [3.63, 3.8) is 0 Å². The molecule has 94 valence electrons. The molecular formula is C15H18Cl2Zr+2. The third kappa shape index (κ3) is 4.78. The molecule has 0 atom stereocenters. The molecule has 2 aliphatic rings. The fourth-order valence-corrected chi connectivity index (χ4v) is 2.26. The quantitative estimate of drug-likeness (QED) is 0.641. The number of hydrogen-bond donors (Lipinski definition) is 0. The zero-order valence-corrected chi connectivity index (χ0v) is 15.2. The molecule has 0 amide bonds. The minimum atomic E-state index is -0.826. The van der Waals surface area contributed by atoms with Crippen LogP contribution in [0.1, 0.15) is 34.1 Å². The Kier molecular flexibility index (Phi) is 8.45. The Morgan fingerprint density at radius 3 is 1.17 bits per heavy atom. The molecule has 2 saturated carbocycles. The molecule has 0 nitrogen and oxygen atoms in total. The number of halogens is 2. The summed E-state index contributed by atoms with van der Waals surface area (Å²) in [4.78, 5) is 0. The van der Waals surface area contributed by atoms with Gasteiger partial charge in [0.2, 0.25) is 0 Å². The van der Waals surface area contributed by atoms with Crippen LogP contribution in [0.2, 0.25) is 0 Å². The molecule has 0 N–H and O–H groups in total. The summed E-state index contributed by atoms with van der Waals surface area (Å²) < 4.78 is 0. The van der Waals surface area contributed by atoms with Crippen molar-refractivity contribution in [2.75, 3.05) is 0 Å². The topological polar surface area (TPSA) is 0 Å². The number of hydrogen-bond acceptors (Lipinski definition) is 0. The first-order valence-corrected chi connectivity index (χ1v) is 12.2. The van der Waals surface area contributed by atoms with Gasteiger partial charge in [0.25, 0.3) is 0 Å². The van der Waals surface area contributed by atoms with E-state index in [4.69, 9.17) is 17.0 Å². The van der Waals surface area contributed by atoms with Gasteiger partial charge in [-0.25, -0.2) is 0 Å². The normalized spacial score (nSPS) is 25.2. The van der Waals surface area contributed by atoms with Crippen LogP contribution in [0.25, 0.3) is 0 Å². The van der Waals surface area contributed by atoms with E-state index in [9.17, 15) is 0 Å². The van der Waals surface area contributed by atoms with Gasteiger partial charge >= 0.3 is 37.9 Å². The zero-order valence-electron chi connectivity index (χ0n) is 11.3. The van der Waals surface area contributed by atoms with E-state index in [0.29, 0.717) is 0 Å². The molecule has 18 heavy (non-hydrogen) atoms. The van der Waals surface area contributed by atoms with E-state index in [-0.39, 0.29) is 0 Å². The first-order chi connectivity index (χ1) is 8.51. The van der Waals surface area contributed by atoms with Crippen LogP contribution in [0.15, 0.2) is 0 Å². The second-order valence-electron chi connectivity index (χ2n) is 4.60. The first-order valence-electron chi connectivity index (χ1n) is 5.91. The Hall–Kier alpha value is 1.46. The molecule has 2 fully saturated rings. The van der Waals surface area contributed by atoms with Gasteiger partial charge in [-0.1, -0.05) is 27.7 Å². The molecule has 0 aliphatic heterocycles. The van der Waals surface area contributed by atoms with E-state index in [0.717, 1.165) is 6.42 Å². The van der Waals surface area contributed by atoms with Gasteiger partial charge in [0.1, 0.15) is 0 Å². The average molecular weight is 360 g/mol. The Bertz CT molecular complexity index is 193. The molecule has 3 heteroatoms. The van der Waals surface area contributed by atoms with Crippen molar-refractivity contribution >= 4 is 17.0 Å². The van der Waals surface area contributed by atoms with Crippen LogP contribution in [0.3, 0.4) is 0 Å². The molecule has 0 aromatic carbocycles. The van der Waals surface area contributed by atoms with Crippen LogP contribution in [0.5, 0.6) is 0 Å². The molecule has 0 unspecified atom stereocenters. The van der Waals surface area contributed by atoms with Crippen molar-refractivity contribution in [2.45, 2.75) is 34.1 Å². The van der Waals surface area contributed by atoms with E-state index in [1.165, 1.54) is 35.5 Å². The summed E-state index contributed by atoms with van der Waals surface area (Å²) in [6.07, 6.45) is 9.97. The van der Waals surface area contributed by atoms with Gasteiger partial charge in [0, 0.05) is 0 Å². The van der Waals surface area contributed by atoms with Crippen molar-refractivity contribution in [1.29, 1.82) is 0 Å². The van der Waals surface area contributed by atoms with Crippen LogP contribution in [-0.4, -0.2) is 0 Å². The van der Waals surface area contributed by atoms with Gasteiger partial charge in [-0.05, 0) is 67.6 Å². The molecule has 0 bridgehead atoms. The van der Waals surface area contributed by atoms with Gasteiger partial charge in [-0.3, -0.25) is 0 Å². The van der Waals surface area contributed by atoms with Crippen LogP contribution in [-0.2, 0) is 20.8 Å². The zero-order chi connectivity index (χ0) is 13.7. The van der Waals surface area contributed by atoms with Gasteiger partial charge in [0.15, 0.2) is 0 Å². The van der Waals surface area contributed by atoms with Crippen LogP contribution >= 0.6 is 17.0 Å². The van der Waals surface area contributed by atoms with Gasteiger partial charge in [-0.2, -0.15) is 0 Å². The van der Waals surface area contributed by atoms with Crippen LogP contribution in [0, 0.1) is 61.2 Å². The maximum atomic E-state index is 4.93. The summed E-state index contributed by atoms with van der Waals surface area (Å²) in [6, 6.07) is 0. The van der Waals surface area contributed by atoms with E-state index in [2.05, 4.69) is 53.4 Å². The maximum absolute atomic E-state index is 4.93. The van der Waals surface area contributed by atoms with E-state index in [1.807, 2.05) is 0 Å². The van der Waals surface area contributed by atoms with E-state index >= 15 is 0 Å². The summed E-state index contributed by atoms with van der Waals surface area (Å²) in [5, 5.41) is 0. The molecule has 2 aliphatic carbocycles. The SMILES string of the molecule is C[C]1[CH][CH][C](C)[C]1C[C]1[C](C)[CH][CH][C]1C.[Cl][Zr+2][Cl]. The van der Waals surface area contributed by atoms with Gasteiger partial charge in [-0.15, -0.1) is 0 Å². The van der Waals surface area contributed by atoms with Crippen LogP contribution in [0.4, 0.5) is 0 Å². The minimum absolute atomic E-state index is 0.826. The van der Waals surface area contributed by atoms with E-state index in [1.54, 1.807) is 0 Å². The summed E-state index contributed by atoms with van der Waals surface area (Å²) >= 11 is -0.826. The van der Waals surface area contributed by atoms with Crippen molar-refractivity contribution in [2.24, 2.45) is 0 Å². The van der Waals surface area contributed by atoms with Crippen molar-refractivity contribution in [3.8, 4) is 0 Å². The summed E-state index contributed by atoms with van der Waals surface area (Å²) in [7, 11) is 9.87. The van der Waals surface area contributed by atoms with Gasteiger partial charge in [0.05, 0.1) is 0 Å². The summed E-state index contributed by atoms with van der Waals surface area (Å²) in [5.41, 5.74) is 0. The molecular weight excluding hydrogens is 342 g/mol. The molecule has 0 spiro atoms.